The summed E-state index contributed by atoms with van der Waals surface area (Å²) in [5, 5.41) is 0.409. The van der Waals surface area contributed by atoms with Crippen molar-refractivity contribution in [1.29, 1.82) is 0 Å². The zero-order valence-electron chi connectivity index (χ0n) is 16.5. The molecule has 0 atom stereocenters. The summed E-state index contributed by atoms with van der Waals surface area (Å²) < 4.78 is 65.0. The van der Waals surface area contributed by atoms with Crippen molar-refractivity contribution < 1.29 is 31.2 Å². The van der Waals surface area contributed by atoms with Crippen LogP contribution in [0.2, 0.25) is 5.02 Å². The first kappa shape index (κ1) is 24.0. The molecule has 32 heavy (non-hydrogen) atoms. The summed E-state index contributed by atoms with van der Waals surface area (Å²) in [7, 11) is -3.72. The van der Waals surface area contributed by atoms with Crippen molar-refractivity contribution in [1.82, 2.24) is 15.2 Å². The summed E-state index contributed by atoms with van der Waals surface area (Å²) in [6.45, 7) is 0.204. The second kappa shape index (κ2) is 9.47. The number of hydrazine groups is 1. The van der Waals surface area contributed by atoms with Crippen LogP contribution in [0.3, 0.4) is 0 Å². The van der Waals surface area contributed by atoms with Crippen LogP contribution >= 0.6 is 11.6 Å². The number of nitrogens with zero attached hydrogens (tertiary/aromatic N) is 1. The van der Waals surface area contributed by atoms with Crippen LogP contribution in [-0.4, -0.2) is 37.6 Å². The summed E-state index contributed by atoms with van der Waals surface area (Å²) in [6.07, 6.45) is -4.16. The molecule has 0 spiro atoms. The summed E-state index contributed by atoms with van der Waals surface area (Å²) in [6, 6.07) is 9.55. The molecule has 1 aliphatic heterocycles. The van der Waals surface area contributed by atoms with Gasteiger partial charge in [-0.3, -0.25) is 20.4 Å². The Morgan fingerprint density at radius 2 is 1.62 bits per heavy atom. The molecule has 1 heterocycles. The maximum Gasteiger partial charge on any atom is 0.416 e. The molecule has 172 valence electrons. The standard InChI is InChI=1S/C20H19ClF3N3O4S/c21-16-4-6-17(7-5-16)32(30,31)27-10-8-13(9-11-27)18(28)25-26-19(29)14-2-1-3-15(12-14)20(22,23)24/h1-7,12-13H,8-11H2,(H,25,28)(H,26,29). The number of carbonyl (C=O) groups is 2. The van der Waals surface area contributed by atoms with E-state index in [0.29, 0.717) is 11.1 Å². The smallest absolute Gasteiger partial charge is 0.273 e. The molecule has 0 saturated carbocycles. The molecular formula is C20H19ClF3N3O4S. The third kappa shape index (κ3) is 5.59. The van der Waals surface area contributed by atoms with Crippen molar-refractivity contribution in [2.45, 2.75) is 23.9 Å². The lowest BCUT2D eigenvalue weighted by Crippen LogP contribution is -2.48. The minimum atomic E-state index is -4.60. The molecule has 0 aromatic heterocycles. The maximum atomic E-state index is 12.8. The van der Waals surface area contributed by atoms with Crippen molar-refractivity contribution in [3.63, 3.8) is 0 Å². The van der Waals surface area contributed by atoms with Gasteiger partial charge in [0.25, 0.3) is 5.91 Å². The van der Waals surface area contributed by atoms with E-state index < -0.39 is 39.5 Å². The van der Waals surface area contributed by atoms with Crippen LogP contribution in [0, 0.1) is 5.92 Å². The lowest BCUT2D eigenvalue weighted by Gasteiger charge is -2.30. The first-order chi connectivity index (χ1) is 15.0. The highest BCUT2D eigenvalue weighted by Gasteiger charge is 2.33. The monoisotopic (exact) mass is 489 g/mol. The number of halogens is 4. The molecule has 12 heteroatoms. The van der Waals surface area contributed by atoms with Gasteiger partial charge in [-0.25, -0.2) is 8.42 Å². The second-order valence-electron chi connectivity index (χ2n) is 7.15. The Balaban J connectivity index is 1.54. The van der Waals surface area contributed by atoms with Gasteiger partial charge in [-0.1, -0.05) is 17.7 Å². The maximum absolute atomic E-state index is 12.8. The highest BCUT2D eigenvalue weighted by molar-refractivity contribution is 7.89. The van der Waals surface area contributed by atoms with E-state index >= 15 is 0 Å². The molecular weight excluding hydrogens is 471 g/mol. The highest BCUT2D eigenvalue weighted by atomic mass is 35.5. The van der Waals surface area contributed by atoms with Crippen molar-refractivity contribution >= 4 is 33.4 Å². The van der Waals surface area contributed by atoms with Gasteiger partial charge in [-0.15, -0.1) is 0 Å². The molecule has 0 radical (unpaired) electrons. The first-order valence-corrected chi connectivity index (χ1v) is 11.3. The largest absolute Gasteiger partial charge is 0.416 e. The molecule has 2 aromatic rings. The Bertz CT molecular complexity index is 1100. The Hall–Kier alpha value is -2.63. The second-order valence-corrected chi connectivity index (χ2v) is 9.53. The lowest BCUT2D eigenvalue weighted by atomic mass is 9.98. The van der Waals surface area contributed by atoms with Gasteiger partial charge in [-0.05, 0) is 55.3 Å². The van der Waals surface area contributed by atoms with Gasteiger partial charge >= 0.3 is 6.18 Å². The van der Waals surface area contributed by atoms with E-state index in [9.17, 15) is 31.2 Å². The van der Waals surface area contributed by atoms with Crippen LogP contribution in [0.5, 0.6) is 0 Å². The van der Waals surface area contributed by atoms with Gasteiger partial charge in [0.05, 0.1) is 10.5 Å². The van der Waals surface area contributed by atoms with Crippen molar-refractivity contribution in [3.05, 3.63) is 64.7 Å². The predicted molar refractivity (Wildman–Crippen MR) is 110 cm³/mol. The van der Waals surface area contributed by atoms with E-state index in [1.54, 1.807) is 0 Å². The normalized spacial score (nSPS) is 15.9. The molecule has 3 rings (SSSR count). The Labute approximate surface area is 187 Å². The minimum Gasteiger partial charge on any atom is -0.273 e. The molecule has 2 amide bonds. The average Bonchev–Trinajstić information content (AvgIpc) is 2.77. The third-order valence-electron chi connectivity index (χ3n) is 5.03. The number of carbonyl (C=O) groups excluding carboxylic acids is 2. The molecule has 2 N–H and O–H groups in total. The van der Waals surface area contributed by atoms with Crippen LogP contribution in [0.15, 0.2) is 53.4 Å². The number of sulfonamides is 1. The summed E-state index contributed by atoms with van der Waals surface area (Å²) in [5.74, 6) is -2.01. The van der Waals surface area contributed by atoms with Gasteiger partial charge in [0.15, 0.2) is 0 Å². The van der Waals surface area contributed by atoms with Crippen LogP contribution in [-0.2, 0) is 21.0 Å². The fourth-order valence-electron chi connectivity index (χ4n) is 3.24. The number of rotatable bonds is 4. The Morgan fingerprint density at radius 3 is 2.22 bits per heavy atom. The van der Waals surface area contributed by atoms with Gasteiger partial charge < -0.3 is 0 Å². The number of amides is 2. The van der Waals surface area contributed by atoms with Crippen molar-refractivity contribution in [2.24, 2.45) is 5.92 Å². The highest BCUT2D eigenvalue weighted by Crippen LogP contribution is 2.29. The molecule has 1 aliphatic rings. The number of alkyl halides is 3. The third-order valence-corrected chi connectivity index (χ3v) is 7.19. The molecule has 1 fully saturated rings. The van der Waals surface area contributed by atoms with Crippen LogP contribution in [0.4, 0.5) is 13.2 Å². The van der Waals surface area contributed by atoms with Gasteiger partial charge in [0.1, 0.15) is 0 Å². The quantitative estimate of drug-likeness (QED) is 0.645. The average molecular weight is 490 g/mol. The summed E-state index contributed by atoms with van der Waals surface area (Å²) in [4.78, 5) is 24.5. The molecule has 1 saturated heterocycles. The van der Waals surface area contributed by atoms with Crippen LogP contribution < -0.4 is 10.9 Å². The van der Waals surface area contributed by atoms with E-state index in [1.807, 2.05) is 0 Å². The Kier molecular flexibility index (Phi) is 7.11. The first-order valence-electron chi connectivity index (χ1n) is 9.51. The van der Waals surface area contributed by atoms with Crippen molar-refractivity contribution in [3.8, 4) is 0 Å². The van der Waals surface area contributed by atoms with Crippen molar-refractivity contribution in [2.75, 3.05) is 13.1 Å². The molecule has 0 bridgehead atoms. The van der Waals surface area contributed by atoms with Gasteiger partial charge in [0.2, 0.25) is 15.9 Å². The minimum absolute atomic E-state index is 0.0955. The van der Waals surface area contributed by atoms with E-state index in [4.69, 9.17) is 11.6 Å². The zero-order chi connectivity index (χ0) is 23.5. The van der Waals surface area contributed by atoms with E-state index in [2.05, 4.69) is 10.9 Å². The Morgan fingerprint density at radius 1 is 1.00 bits per heavy atom. The number of hydrogen-bond acceptors (Lipinski definition) is 4. The molecule has 7 nitrogen and oxygen atoms in total. The van der Waals surface area contributed by atoms with Crippen LogP contribution in [0.25, 0.3) is 0 Å². The number of nitrogens with one attached hydrogen (secondary N) is 2. The SMILES string of the molecule is O=C(NNC(=O)C1CCN(S(=O)(=O)c2ccc(Cl)cc2)CC1)c1cccc(C(F)(F)F)c1. The van der Waals surface area contributed by atoms with E-state index in [-0.39, 0.29) is 36.4 Å². The van der Waals surface area contributed by atoms with E-state index in [0.717, 1.165) is 12.1 Å². The van der Waals surface area contributed by atoms with E-state index in [1.165, 1.54) is 34.6 Å². The summed E-state index contributed by atoms with van der Waals surface area (Å²) in [5.41, 5.74) is 3.05. The number of benzene rings is 2. The summed E-state index contributed by atoms with van der Waals surface area (Å²) >= 11 is 5.79. The molecule has 0 aliphatic carbocycles. The fourth-order valence-corrected chi connectivity index (χ4v) is 4.84. The van der Waals surface area contributed by atoms with Gasteiger partial charge in [0, 0.05) is 29.6 Å². The fraction of sp³-hybridized carbons (Fsp3) is 0.300. The number of piperidine rings is 1. The molecule has 2 aromatic carbocycles. The van der Waals surface area contributed by atoms with Crippen LogP contribution in [0.1, 0.15) is 28.8 Å². The van der Waals surface area contributed by atoms with Gasteiger partial charge in [-0.2, -0.15) is 17.5 Å². The topological polar surface area (TPSA) is 95.6 Å². The number of hydrogen-bond donors (Lipinski definition) is 2. The lowest BCUT2D eigenvalue weighted by molar-refractivity contribution is -0.137. The predicted octanol–water partition coefficient (Wildman–Crippen LogP) is 3.22. The molecule has 0 unspecified atom stereocenters. The zero-order valence-corrected chi connectivity index (χ0v) is 18.1.